The zero-order valence-electron chi connectivity index (χ0n) is 16.7. The summed E-state index contributed by atoms with van der Waals surface area (Å²) in [5.74, 6) is 1.23. The first-order valence-corrected chi connectivity index (χ1v) is 10.2. The maximum Gasteiger partial charge on any atom is 0.234 e. The molecule has 0 aliphatic heterocycles. The monoisotopic (exact) mass is 439 g/mol. The van der Waals surface area contributed by atoms with Gasteiger partial charge in [-0.3, -0.25) is 4.79 Å². The summed E-state index contributed by atoms with van der Waals surface area (Å²) in [5.41, 5.74) is 1.79. The normalized spacial score (nSPS) is 10.8. The van der Waals surface area contributed by atoms with Crippen molar-refractivity contribution in [1.82, 2.24) is 19.8 Å². The largest absolute Gasteiger partial charge is 0.497 e. The molecule has 8 nitrogen and oxygen atoms in total. The van der Waals surface area contributed by atoms with Crippen molar-refractivity contribution in [3.05, 3.63) is 60.4 Å². The molecule has 0 saturated heterocycles. The van der Waals surface area contributed by atoms with Gasteiger partial charge in [0.05, 0.1) is 25.7 Å². The number of rotatable bonds is 7. The van der Waals surface area contributed by atoms with Crippen molar-refractivity contribution in [3.63, 3.8) is 0 Å². The summed E-state index contributed by atoms with van der Waals surface area (Å²) in [6.45, 7) is 0. The van der Waals surface area contributed by atoms with Gasteiger partial charge in [-0.25, -0.2) is 4.39 Å². The number of anilines is 1. The third-order valence-electron chi connectivity index (χ3n) is 4.37. The molecule has 0 spiro atoms. The van der Waals surface area contributed by atoms with E-state index in [1.54, 1.807) is 54.1 Å². The molecular formula is C21H18FN5O3S. The van der Waals surface area contributed by atoms with Gasteiger partial charge in [-0.1, -0.05) is 11.8 Å². The molecule has 0 saturated carbocycles. The molecule has 1 amide bonds. The standard InChI is InChI=1S/C21H18FN5O3S/c1-29-15-7-8-16(17(11-15)30-2)23-19(28)12-31-20-10-9-18-24-25-21(27(18)26-20)13-3-5-14(22)6-4-13/h3-11H,12H2,1-2H3,(H,23,28). The second kappa shape index (κ2) is 9.00. The first kappa shape index (κ1) is 20.6. The van der Waals surface area contributed by atoms with Gasteiger partial charge in [0, 0.05) is 11.6 Å². The Labute approximate surface area is 181 Å². The number of hydrogen-bond donors (Lipinski definition) is 1. The summed E-state index contributed by atoms with van der Waals surface area (Å²) in [4.78, 5) is 12.4. The SMILES string of the molecule is COc1ccc(NC(=O)CSc2ccc3nnc(-c4ccc(F)cc4)n3n2)c(OC)c1. The molecule has 0 fully saturated rings. The highest BCUT2D eigenvalue weighted by Crippen LogP contribution is 2.29. The number of fused-ring (bicyclic) bond motifs is 1. The Kier molecular flexibility index (Phi) is 5.99. The highest BCUT2D eigenvalue weighted by molar-refractivity contribution is 7.99. The molecule has 0 unspecified atom stereocenters. The average molecular weight is 439 g/mol. The van der Waals surface area contributed by atoms with Gasteiger partial charge in [-0.05, 0) is 48.5 Å². The third-order valence-corrected chi connectivity index (χ3v) is 5.29. The molecule has 10 heteroatoms. The first-order valence-electron chi connectivity index (χ1n) is 9.20. The summed E-state index contributed by atoms with van der Waals surface area (Å²) in [7, 11) is 3.08. The third kappa shape index (κ3) is 4.58. The summed E-state index contributed by atoms with van der Waals surface area (Å²) < 4.78 is 25.2. The van der Waals surface area contributed by atoms with Crippen LogP contribution in [0.1, 0.15) is 0 Å². The molecule has 4 rings (SSSR count). The van der Waals surface area contributed by atoms with E-state index in [2.05, 4.69) is 20.6 Å². The molecule has 0 atom stereocenters. The van der Waals surface area contributed by atoms with Crippen LogP contribution in [0.2, 0.25) is 0 Å². The van der Waals surface area contributed by atoms with Crippen molar-refractivity contribution in [3.8, 4) is 22.9 Å². The van der Waals surface area contributed by atoms with E-state index in [9.17, 15) is 9.18 Å². The molecule has 0 bridgehead atoms. The molecule has 0 radical (unpaired) electrons. The summed E-state index contributed by atoms with van der Waals surface area (Å²) >= 11 is 1.27. The van der Waals surface area contributed by atoms with Crippen LogP contribution >= 0.6 is 11.8 Å². The highest BCUT2D eigenvalue weighted by atomic mass is 32.2. The number of nitrogens with zero attached hydrogens (tertiary/aromatic N) is 4. The quantitative estimate of drug-likeness (QED) is 0.439. The van der Waals surface area contributed by atoms with Crippen molar-refractivity contribution < 1.29 is 18.7 Å². The lowest BCUT2D eigenvalue weighted by atomic mass is 10.2. The number of halogens is 1. The lowest BCUT2D eigenvalue weighted by molar-refractivity contribution is -0.113. The number of hydrogen-bond acceptors (Lipinski definition) is 7. The highest BCUT2D eigenvalue weighted by Gasteiger charge is 2.13. The second-order valence-corrected chi connectivity index (χ2v) is 7.37. The first-order chi connectivity index (χ1) is 15.1. The number of ether oxygens (including phenoxy) is 2. The van der Waals surface area contributed by atoms with E-state index in [-0.39, 0.29) is 17.5 Å². The molecule has 2 aromatic carbocycles. The minimum atomic E-state index is -0.332. The Bertz CT molecular complexity index is 1230. The summed E-state index contributed by atoms with van der Waals surface area (Å²) in [6, 6.07) is 14.6. The number of thioether (sulfide) groups is 1. The minimum absolute atomic E-state index is 0.141. The average Bonchev–Trinajstić information content (AvgIpc) is 3.21. The van der Waals surface area contributed by atoms with Crippen LogP contribution in [0.3, 0.4) is 0 Å². The number of amides is 1. The van der Waals surface area contributed by atoms with Crippen LogP contribution in [-0.4, -0.2) is 45.7 Å². The van der Waals surface area contributed by atoms with Crippen molar-refractivity contribution >= 4 is 29.0 Å². The zero-order valence-corrected chi connectivity index (χ0v) is 17.5. The zero-order chi connectivity index (χ0) is 21.8. The number of aromatic nitrogens is 4. The minimum Gasteiger partial charge on any atom is -0.497 e. The lowest BCUT2D eigenvalue weighted by Crippen LogP contribution is -2.15. The second-order valence-electron chi connectivity index (χ2n) is 6.38. The van der Waals surface area contributed by atoms with Crippen LogP contribution in [-0.2, 0) is 4.79 Å². The van der Waals surface area contributed by atoms with Crippen LogP contribution in [0.5, 0.6) is 11.5 Å². The maximum absolute atomic E-state index is 13.2. The lowest BCUT2D eigenvalue weighted by Gasteiger charge is -2.11. The van der Waals surface area contributed by atoms with E-state index in [0.717, 1.165) is 0 Å². The van der Waals surface area contributed by atoms with Gasteiger partial charge in [0.1, 0.15) is 22.3 Å². The smallest absolute Gasteiger partial charge is 0.234 e. The van der Waals surface area contributed by atoms with Crippen LogP contribution in [0.4, 0.5) is 10.1 Å². The molecule has 2 aromatic heterocycles. The van der Waals surface area contributed by atoms with E-state index in [0.29, 0.717) is 39.2 Å². The van der Waals surface area contributed by atoms with Crippen molar-refractivity contribution in [2.45, 2.75) is 5.03 Å². The Morgan fingerprint density at radius 2 is 1.87 bits per heavy atom. The van der Waals surface area contributed by atoms with Gasteiger partial charge in [0.2, 0.25) is 5.91 Å². The van der Waals surface area contributed by atoms with Crippen molar-refractivity contribution in [1.29, 1.82) is 0 Å². The fourth-order valence-corrected chi connectivity index (χ4v) is 3.51. The van der Waals surface area contributed by atoms with Crippen LogP contribution in [0, 0.1) is 5.82 Å². The van der Waals surface area contributed by atoms with Crippen LogP contribution in [0.15, 0.2) is 59.6 Å². The number of nitrogens with one attached hydrogen (secondary N) is 1. The number of carbonyl (C=O) groups is 1. The van der Waals surface area contributed by atoms with E-state index >= 15 is 0 Å². The molecule has 4 aromatic rings. The van der Waals surface area contributed by atoms with E-state index < -0.39 is 0 Å². The van der Waals surface area contributed by atoms with Gasteiger partial charge in [0.25, 0.3) is 0 Å². The molecule has 0 aliphatic rings. The number of methoxy groups -OCH3 is 2. The fourth-order valence-electron chi connectivity index (χ4n) is 2.86. The molecule has 1 N–H and O–H groups in total. The van der Waals surface area contributed by atoms with Gasteiger partial charge >= 0.3 is 0 Å². The topological polar surface area (TPSA) is 90.6 Å². The fraction of sp³-hybridized carbons (Fsp3) is 0.143. The van der Waals surface area contributed by atoms with E-state index in [1.165, 1.54) is 31.0 Å². The van der Waals surface area contributed by atoms with Gasteiger partial charge in [0.15, 0.2) is 11.5 Å². The molecular weight excluding hydrogens is 421 g/mol. The van der Waals surface area contributed by atoms with Crippen molar-refractivity contribution in [2.24, 2.45) is 0 Å². The summed E-state index contributed by atoms with van der Waals surface area (Å²) in [6.07, 6.45) is 0. The maximum atomic E-state index is 13.2. The van der Waals surface area contributed by atoms with Crippen LogP contribution in [0.25, 0.3) is 17.0 Å². The Morgan fingerprint density at radius 3 is 2.61 bits per heavy atom. The van der Waals surface area contributed by atoms with Gasteiger partial charge in [-0.15, -0.1) is 10.2 Å². The number of benzene rings is 2. The van der Waals surface area contributed by atoms with E-state index in [4.69, 9.17) is 9.47 Å². The Hall–Kier alpha value is -3.66. The molecule has 158 valence electrons. The Morgan fingerprint density at radius 1 is 1.06 bits per heavy atom. The number of carbonyl (C=O) groups excluding carboxylic acids is 1. The molecule has 31 heavy (non-hydrogen) atoms. The van der Waals surface area contributed by atoms with Gasteiger partial charge < -0.3 is 14.8 Å². The Balaban J connectivity index is 1.47. The van der Waals surface area contributed by atoms with Crippen LogP contribution < -0.4 is 14.8 Å². The van der Waals surface area contributed by atoms with Gasteiger partial charge in [-0.2, -0.15) is 9.61 Å². The molecule has 0 aliphatic carbocycles. The predicted octanol–water partition coefficient (Wildman–Crippen LogP) is 3.68. The summed E-state index contributed by atoms with van der Waals surface area (Å²) in [5, 5.41) is 16.2. The van der Waals surface area contributed by atoms with Crippen molar-refractivity contribution in [2.75, 3.05) is 25.3 Å². The molecule has 2 heterocycles. The predicted molar refractivity (Wildman–Crippen MR) is 115 cm³/mol. The van der Waals surface area contributed by atoms with E-state index in [1.807, 2.05) is 0 Å².